The Morgan fingerprint density at radius 1 is 1.20 bits per heavy atom. The normalized spacial score (nSPS) is 10.2. The first-order valence-electron chi connectivity index (χ1n) is 5.73. The van der Waals surface area contributed by atoms with Gasteiger partial charge in [0.25, 0.3) is 5.69 Å². The number of nitro groups is 1. The Morgan fingerprint density at radius 3 is 2.60 bits per heavy atom. The zero-order chi connectivity index (χ0) is 14.7. The van der Waals surface area contributed by atoms with Crippen molar-refractivity contribution in [3.8, 4) is 0 Å². The summed E-state index contributed by atoms with van der Waals surface area (Å²) in [5.41, 5.74) is 1.01. The number of carboxylic acid groups (broad SMARTS) is 1. The Kier molecular flexibility index (Phi) is 4.05. The minimum Gasteiger partial charge on any atom is -0.478 e. The summed E-state index contributed by atoms with van der Waals surface area (Å²) < 4.78 is 0. The molecule has 0 aliphatic carbocycles. The van der Waals surface area contributed by atoms with Crippen molar-refractivity contribution in [2.75, 3.05) is 0 Å². The van der Waals surface area contributed by atoms with Crippen molar-refractivity contribution in [1.29, 1.82) is 0 Å². The van der Waals surface area contributed by atoms with E-state index in [9.17, 15) is 14.9 Å². The van der Waals surface area contributed by atoms with E-state index in [1.165, 1.54) is 30.0 Å². The molecule has 0 spiro atoms. The van der Waals surface area contributed by atoms with Gasteiger partial charge < -0.3 is 5.11 Å². The van der Waals surface area contributed by atoms with Crippen molar-refractivity contribution < 1.29 is 14.8 Å². The Morgan fingerprint density at radius 2 is 1.95 bits per heavy atom. The Hall–Kier alpha value is -2.34. The lowest BCUT2D eigenvalue weighted by atomic mass is 10.2. The summed E-state index contributed by atoms with van der Waals surface area (Å²) in [5.74, 6) is -0.998. The quantitative estimate of drug-likeness (QED) is 0.684. The van der Waals surface area contributed by atoms with Crippen LogP contribution in [-0.4, -0.2) is 16.0 Å². The molecule has 0 atom stereocenters. The largest absolute Gasteiger partial charge is 0.478 e. The monoisotopic (exact) mass is 289 g/mol. The Bertz CT molecular complexity index is 685. The van der Waals surface area contributed by atoms with Gasteiger partial charge in [-0.25, -0.2) is 4.79 Å². The van der Waals surface area contributed by atoms with Crippen LogP contribution in [0.3, 0.4) is 0 Å². The molecule has 0 bridgehead atoms. The fourth-order valence-corrected chi connectivity index (χ4v) is 2.75. The molecule has 2 aromatic rings. The lowest BCUT2D eigenvalue weighted by Crippen LogP contribution is -1.95. The highest BCUT2D eigenvalue weighted by molar-refractivity contribution is 7.99. The van der Waals surface area contributed by atoms with Crippen LogP contribution in [0.2, 0.25) is 0 Å². The van der Waals surface area contributed by atoms with E-state index in [2.05, 4.69) is 0 Å². The summed E-state index contributed by atoms with van der Waals surface area (Å²) in [6.45, 7) is 1.78. The van der Waals surface area contributed by atoms with Gasteiger partial charge in [0, 0.05) is 21.9 Å². The number of nitrogens with zero attached hydrogens (tertiary/aromatic N) is 1. The van der Waals surface area contributed by atoms with E-state index in [0.717, 1.165) is 10.5 Å². The Balaban J connectivity index is 2.32. The molecule has 20 heavy (non-hydrogen) atoms. The maximum Gasteiger partial charge on any atom is 0.335 e. The number of nitro benzene ring substituents is 1. The van der Waals surface area contributed by atoms with Crippen LogP contribution in [0, 0.1) is 17.0 Å². The minimum absolute atomic E-state index is 0.0295. The van der Waals surface area contributed by atoms with Crippen LogP contribution in [0.25, 0.3) is 0 Å². The molecule has 0 unspecified atom stereocenters. The summed E-state index contributed by atoms with van der Waals surface area (Å²) in [6, 6.07) is 11.3. The lowest BCUT2D eigenvalue weighted by Gasteiger charge is -2.04. The number of hydrogen-bond acceptors (Lipinski definition) is 4. The average Bonchev–Trinajstić information content (AvgIpc) is 2.38. The zero-order valence-electron chi connectivity index (χ0n) is 10.6. The molecule has 2 aromatic carbocycles. The van der Waals surface area contributed by atoms with Gasteiger partial charge in [-0.2, -0.15) is 0 Å². The van der Waals surface area contributed by atoms with Crippen LogP contribution < -0.4 is 0 Å². The van der Waals surface area contributed by atoms with Crippen LogP contribution in [-0.2, 0) is 0 Å². The molecule has 2 rings (SSSR count). The number of benzene rings is 2. The molecule has 0 amide bonds. The topological polar surface area (TPSA) is 80.4 Å². The second-order valence-electron chi connectivity index (χ2n) is 4.20. The highest BCUT2D eigenvalue weighted by atomic mass is 32.2. The van der Waals surface area contributed by atoms with Gasteiger partial charge in [-0.1, -0.05) is 17.8 Å². The summed E-state index contributed by atoms with van der Waals surface area (Å²) >= 11 is 1.30. The fourth-order valence-electron chi connectivity index (χ4n) is 1.72. The first-order chi connectivity index (χ1) is 9.45. The number of carbonyl (C=O) groups is 1. The molecule has 0 aliphatic heterocycles. The minimum atomic E-state index is -0.998. The van der Waals surface area contributed by atoms with E-state index < -0.39 is 10.9 Å². The number of carboxylic acids is 1. The average molecular weight is 289 g/mol. The third-order valence-electron chi connectivity index (χ3n) is 2.56. The van der Waals surface area contributed by atoms with E-state index in [4.69, 9.17) is 5.11 Å². The van der Waals surface area contributed by atoms with Crippen LogP contribution in [0.15, 0.2) is 52.3 Å². The summed E-state index contributed by atoms with van der Waals surface area (Å²) in [6.07, 6.45) is 0. The lowest BCUT2D eigenvalue weighted by molar-refractivity contribution is -0.385. The van der Waals surface area contributed by atoms with Crippen LogP contribution in [0.4, 0.5) is 5.69 Å². The third kappa shape index (κ3) is 3.36. The summed E-state index contributed by atoms with van der Waals surface area (Å²) in [5, 5.41) is 19.8. The second kappa shape index (κ2) is 5.75. The van der Waals surface area contributed by atoms with E-state index in [0.29, 0.717) is 4.90 Å². The van der Waals surface area contributed by atoms with Gasteiger partial charge in [-0.15, -0.1) is 0 Å². The molecule has 0 saturated carbocycles. The van der Waals surface area contributed by atoms with Gasteiger partial charge in [0.15, 0.2) is 0 Å². The summed E-state index contributed by atoms with van der Waals surface area (Å²) in [4.78, 5) is 22.7. The third-order valence-corrected chi connectivity index (χ3v) is 3.52. The highest BCUT2D eigenvalue weighted by Crippen LogP contribution is 2.31. The second-order valence-corrected chi connectivity index (χ2v) is 5.34. The van der Waals surface area contributed by atoms with E-state index in [1.54, 1.807) is 25.1 Å². The van der Waals surface area contributed by atoms with Crippen LogP contribution in [0.5, 0.6) is 0 Å². The standard InChI is InChI=1S/C14H11NO4S/c1-9-5-11(15(18)19)8-13(6-9)20-12-4-2-3-10(7-12)14(16)17/h2-8H,1H3,(H,16,17). The van der Waals surface area contributed by atoms with E-state index >= 15 is 0 Å². The van der Waals surface area contributed by atoms with Gasteiger partial charge in [-0.3, -0.25) is 10.1 Å². The molecule has 0 aromatic heterocycles. The molecule has 5 nitrogen and oxygen atoms in total. The van der Waals surface area contributed by atoms with Crippen molar-refractivity contribution in [2.45, 2.75) is 16.7 Å². The zero-order valence-corrected chi connectivity index (χ0v) is 11.4. The van der Waals surface area contributed by atoms with Gasteiger partial charge in [-0.05, 0) is 36.8 Å². The number of aromatic carboxylic acids is 1. The van der Waals surface area contributed by atoms with E-state index in [-0.39, 0.29) is 11.3 Å². The van der Waals surface area contributed by atoms with Gasteiger partial charge in [0.05, 0.1) is 10.5 Å². The van der Waals surface area contributed by atoms with Crippen molar-refractivity contribution >= 4 is 23.4 Å². The van der Waals surface area contributed by atoms with Crippen molar-refractivity contribution in [3.63, 3.8) is 0 Å². The molecular weight excluding hydrogens is 278 g/mol. The predicted molar refractivity (Wildman–Crippen MR) is 75.4 cm³/mol. The highest BCUT2D eigenvalue weighted by Gasteiger charge is 2.10. The SMILES string of the molecule is Cc1cc(Sc2cccc(C(=O)O)c2)cc([N+](=O)[O-])c1. The first kappa shape index (κ1) is 14.1. The molecular formula is C14H11NO4S. The van der Waals surface area contributed by atoms with Crippen molar-refractivity contribution in [3.05, 3.63) is 63.7 Å². The molecule has 0 saturated heterocycles. The van der Waals surface area contributed by atoms with Gasteiger partial charge >= 0.3 is 5.97 Å². The number of hydrogen-bond donors (Lipinski definition) is 1. The predicted octanol–water partition coefficient (Wildman–Crippen LogP) is 3.75. The number of rotatable bonds is 4. The fraction of sp³-hybridized carbons (Fsp3) is 0.0714. The van der Waals surface area contributed by atoms with Crippen LogP contribution >= 0.6 is 11.8 Å². The summed E-state index contributed by atoms with van der Waals surface area (Å²) in [7, 11) is 0. The van der Waals surface area contributed by atoms with E-state index in [1.807, 2.05) is 6.07 Å². The molecule has 6 heteroatoms. The van der Waals surface area contributed by atoms with Gasteiger partial charge in [0.1, 0.15) is 0 Å². The number of aryl methyl sites for hydroxylation is 1. The first-order valence-corrected chi connectivity index (χ1v) is 6.54. The van der Waals surface area contributed by atoms with Crippen molar-refractivity contribution in [1.82, 2.24) is 0 Å². The molecule has 1 N–H and O–H groups in total. The van der Waals surface area contributed by atoms with Crippen molar-refractivity contribution in [2.24, 2.45) is 0 Å². The maximum absolute atomic E-state index is 10.9. The number of non-ortho nitro benzene ring substituents is 1. The maximum atomic E-state index is 10.9. The molecule has 102 valence electrons. The van der Waals surface area contributed by atoms with Gasteiger partial charge in [0.2, 0.25) is 0 Å². The molecule has 0 fully saturated rings. The Labute approximate surface area is 119 Å². The van der Waals surface area contributed by atoms with Crippen LogP contribution in [0.1, 0.15) is 15.9 Å². The smallest absolute Gasteiger partial charge is 0.335 e. The molecule has 0 aliphatic rings. The molecule has 0 heterocycles. The molecule has 0 radical (unpaired) electrons.